The van der Waals surface area contributed by atoms with E-state index in [1.165, 1.54) is 6.42 Å². The summed E-state index contributed by atoms with van der Waals surface area (Å²) in [6, 6.07) is 9.79. The van der Waals surface area contributed by atoms with E-state index < -0.39 is 0 Å². The van der Waals surface area contributed by atoms with Crippen LogP contribution in [0.1, 0.15) is 37.0 Å². The van der Waals surface area contributed by atoms with Crippen molar-refractivity contribution in [2.45, 2.75) is 32.7 Å². The maximum Gasteiger partial charge on any atom is 0.251 e. The van der Waals surface area contributed by atoms with Crippen LogP contribution in [0.5, 0.6) is 0 Å². The van der Waals surface area contributed by atoms with Crippen LogP contribution in [-0.2, 0) is 0 Å². The zero-order chi connectivity index (χ0) is 11.5. The molecule has 2 nitrogen and oxygen atoms in total. The first kappa shape index (κ1) is 11.2. The molecule has 1 aliphatic rings. The van der Waals surface area contributed by atoms with Crippen LogP contribution in [0.3, 0.4) is 0 Å². The number of hydrogen-bond acceptors (Lipinski definition) is 1. The van der Waals surface area contributed by atoms with Crippen molar-refractivity contribution in [3.05, 3.63) is 35.9 Å². The van der Waals surface area contributed by atoms with Crippen LogP contribution in [0.15, 0.2) is 30.3 Å². The molecule has 16 heavy (non-hydrogen) atoms. The van der Waals surface area contributed by atoms with Crippen LogP contribution in [0.2, 0.25) is 0 Å². The lowest BCUT2D eigenvalue weighted by Gasteiger charge is -2.19. The smallest absolute Gasteiger partial charge is 0.251 e. The van der Waals surface area contributed by atoms with Crippen LogP contribution in [0.25, 0.3) is 0 Å². The van der Waals surface area contributed by atoms with Gasteiger partial charge in [-0.05, 0) is 36.8 Å². The van der Waals surface area contributed by atoms with Gasteiger partial charge in [-0.25, -0.2) is 0 Å². The standard InChI is InChI=1S/C14H19NO/c1-10-8-9-13(11(10)2)15-14(16)12-6-4-3-5-7-12/h3-7,10-11,13H,8-9H2,1-2H3,(H,15,16). The normalized spacial score (nSPS) is 29.0. The lowest BCUT2D eigenvalue weighted by molar-refractivity contribution is 0.0927. The SMILES string of the molecule is CC1CCC(NC(=O)c2ccccc2)C1C. The second kappa shape index (κ2) is 4.69. The molecule has 0 spiro atoms. The number of carbonyl (C=O) groups excluding carboxylic acids is 1. The van der Waals surface area contributed by atoms with Gasteiger partial charge in [0.05, 0.1) is 0 Å². The fourth-order valence-corrected chi connectivity index (χ4v) is 2.41. The summed E-state index contributed by atoms with van der Waals surface area (Å²) < 4.78 is 0. The molecule has 0 aliphatic heterocycles. The molecule has 0 radical (unpaired) electrons. The maximum absolute atomic E-state index is 11.9. The van der Waals surface area contributed by atoms with E-state index >= 15 is 0 Å². The van der Waals surface area contributed by atoms with Crippen molar-refractivity contribution < 1.29 is 4.79 Å². The molecule has 1 aromatic rings. The predicted octanol–water partition coefficient (Wildman–Crippen LogP) is 2.85. The van der Waals surface area contributed by atoms with Gasteiger partial charge in [0, 0.05) is 11.6 Å². The van der Waals surface area contributed by atoms with Crippen molar-refractivity contribution in [1.82, 2.24) is 5.32 Å². The molecule has 1 aromatic carbocycles. The Kier molecular flexibility index (Phi) is 3.28. The van der Waals surface area contributed by atoms with E-state index in [9.17, 15) is 4.79 Å². The van der Waals surface area contributed by atoms with Gasteiger partial charge in [0.1, 0.15) is 0 Å². The molecular weight excluding hydrogens is 198 g/mol. The Labute approximate surface area is 97.1 Å². The lowest BCUT2D eigenvalue weighted by atomic mass is 9.97. The van der Waals surface area contributed by atoms with Gasteiger partial charge in [0.15, 0.2) is 0 Å². The number of hydrogen-bond donors (Lipinski definition) is 1. The van der Waals surface area contributed by atoms with Crippen molar-refractivity contribution in [1.29, 1.82) is 0 Å². The van der Waals surface area contributed by atoms with E-state index in [2.05, 4.69) is 19.2 Å². The summed E-state index contributed by atoms with van der Waals surface area (Å²) in [6.07, 6.45) is 2.34. The van der Waals surface area contributed by atoms with Crippen LogP contribution in [0.4, 0.5) is 0 Å². The highest BCUT2D eigenvalue weighted by molar-refractivity contribution is 5.94. The Morgan fingerprint density at radius 1 is 1.19 bits per heavy atom. The average Bonchev–Trinajstić information content (AvgIpc) is 2.62. The second-order valence-corrected chi connectivity index (χ2v) is 4.86. The van der Waals surface area contributed by atoms with Gasteiger partial charge in [-0.1, -0.05) is 32.0 Å². The number of rotatable bonds is 2. The monoisotopic (exact) mass is 217 g/mol. The minimum absolute atomic E-state index is 0.0616. The summed E-state index contributed by atoms with van der Waals surface area (Å²) in [5, 5.41) is 3.14. The Morgan fingerprint density at radius 3 is 2.44 bits per heavy atom. The van der Waals surface area contributed by atoms with Gasteiger partial charge in [0.25, 0.3) is 5.91 Å². The third kappa shape index (κ3) is 2.26. The van der Waals surface area contributed by atoms with Crippen molar-refractivity contribution >= 4 is 5.91 Å². The topological polar surface area (TPSA) is 29.1 Å². The molecule has 1 saturated carbocycles. The fraction of sp³-hybridized carbons (Fsp3) is 0.500. The highest BCUT2D eigenvalue weighted by Gasteiger charge is 2.30. The van der Waals surface area contributed by atoms with E-state index in [4.69, 9.17) is 0 Å². The van der Waals surface area contributed by atoms with Crippen molar-refractivity contribution in [3.63, 3.8) is 0 Å². The van der Waals surface area contributed by atoms with E-state index in [0.29, 0.717) is 12.0 Å². The minimum Gasteiger partial charge on any atom is -0.349 e. The minimum atomic E-state index is 0.0616. The number of amides is 1. The first-order valence-electron chi connectivity index (χ1n) is 6.04. The van der Waals surface area contributed by atoms with Crippen molar-refractivity contribution in [2.24, 2.45) is 11.8 Å². The van der Waals surface area contributed by atoms with E-state index in [0.717, 1.165) is 17.9 Å². The first-order chi connectivity index (χ1) is 7.68. The number of benzene rings is 1. The summed E-state index contributed by atoms with van der Waals surface area (Å²) in [6.45, 7) is 4.49. The number of carbonyl (C=O) groups is 1. The number of nitrogens with one attached hydrogen (secondary N) is 1. The average molecular weight is 217 g/mol. The molecular formula is C14H19NO. The summed E-state index contributed by atoms with van der Waals surface area (Å²) in [5.41, 5.74) is 0.759. The van der Waals surface area contributed by atoms with Gasteiger partial charge in [-0.15, -0.1) is 0 Å². The second-order valence-electron chi connectivity index (χ2n) is 4.86. The van der Waals surface area contributed by atoms with Gasteiger partial charge in [-0.3, -0.25) is 4.79 Å². The van der Waals surface area contributed by atoms with Gasteiger partial charge < -0.3 is 5.32 Å². The van der Waals surface area contributed by atoms with Crippen LogP contribution >= 0.6 is 0 Å². The molecule has 0 aromatic heterocycles. The van der Waals surface area contributed by atoms with Crippen molar-refractivity contribution in [3.8, 4) is 0 Å². The Morgan fingerprint density at radius 2 is 1.88 bits per heavy atom. The van der Waals surface area contributed by atoms with Crippen LogP contribution in [0, 0.1) is 11.8 Å². The summed E-state index contributed by atoms with van der Waals surface area (Å²) >= 11 is 0. The van der Waals surface area contributed by atoms with Crippen LogP contribution < -0.4 is 5.32 Å². The molecule has 1 N–H and O–H groups in total. The zero-order valence-corrected chi connectivity index (χ0v) is 9.94. The Balaban J connectivity index is 1.98. The molecule has 3 atom stereocenters. The molecule has 0 saturated heterocycles. The van der Waals surface area contributed by atoms with E-state index in [-0.39, 0.29) is 5.91 Å². The molecule has 2 heteroatoms. The Hall–Kier alpha value is -1.31. The van der Waals surface area contributed by atoms with Gasteiger partial charge in [-0.2, -0.15) is 0 Å². The molecule has 0 heterocycles. The molecule has 0 bridgehead atoms. The van der Waals surface area contributed by atoms with E-state index in [1.807, 2.05) is 30.3 Å². The van der Waals surface area contributed by atoms with Crippen molar-refractivity contribution in [2.75, 3.05) is 0 Å². The predicted molar refractivity (Wildman–Crippen MR) is 65.3 cm³/mol. The molecule has 2 rings (SSSR count). The zero-order valence-electron chi connectivity index (χ0n) is 9.94. The van der Waals surface area contributed by atoms with Gasteiger partial charge in [0.2, 0.25) is 0 Å². The molecule has 3 unspecified atom stereocenters. The summed E-state index contributed by atoms with van der Waals surface area (Å²) in [4.78, 5) is 11.9. The molecule has 86 valence electrons. The third-order valence-corrected chi connectivity index (χ3v) is 3.82. The molecule has 1 aliphatic carbocycles. The highest BCUT2D eigenvalue weighted by atomic mass is 16.1. The van der Waals surface area contributed by atoms with Crippen LogP contribution in [-0.4, -0.2) is 11.9 Å². The first-order valence-corrected chi connectivity index (χ1v) is 6.04. The third-order valence-electron chi connectivity index (χ3n) is 3.82. The fourth-order valence-electron chi connectivity index (χ4n) is 2.41. The maximum atomic E-state index is 11.9. The lowest BCUT2D eigenvalue weighted by Crippen LogP contribution is -2.37. The quantitative estimate of drug-likeness (QED) is 0.811. The molecule has 1 fully saturated rings. The highest BCUT2D eigenvalue weighted by Crippen LogP contribution is 2.31. The summed E-state index contributed by atoms with van der Waals surface area (Å²) in [7, 11) is 0. The largest absolute Gasteiger partial charge is 0.349 e. The summed E-state index contributed by atoms with van der Waals surface area (Å²) in [5.74, 6) is 1.38. The molecule has 1 amide bonds. The Bertz CT molecular complexity index is 360. The van der Waals surface area contributed by atoms with Gasteiger partial charge >= 0.3 is 0 Å². The van der Waals surface area contributed by atoms with E-state index in [1.54, 1.807) is 0 Å².